The SMILES string of the molecule is Clc1ccc(-c2nnc(-c3cccnc3)o2)cc1Cl. The van der Waals surface area contributed by atoms with Gasteiger partial charge in [0.25, 0.3) is 0 Å². The second-order valence-electron chi connectivity index (χ2n) is 3.78. The predicted octanol–water partition coefficient (Wildman–Crippen LogP) is 4.11. The highest BCUT2D eigenvalue weighted by Gasteiger charge is 2.11. The number of benzene rings is 1. The van der Waals surface area contributed by atoms with E-state index in [0.29, 0.717) is 21.8 Å². The van der Waals surface area contributed by atoms with Crippen LogP contribution in [0.1, 0.15) is 0 Å². The number of aromatic nitrogens is 3. The molecule has 0 radical (unpaired) electrons. The van der Waals surface area contributed by atoms with E-state index in [1.165, 1.54) is 0 Å². The van der Waals surface area contributed by atoms with Crippen LogP contribution in [-0.2, 0) is 0 Å². The van der Waals surface area contributed by atoms with Crippen molar-refractivity contribution in [1.29, 1.82) is 0 Å². The molecule has 0 atom stereocenters. The Balaban J connectivity index is 1.99. The number of nitrogens with zero attached hydrogens (tertiary/aromatic N) is 3. The Bertz CT molecular complexity index is 713. The molecule has 0 saturated heterocycles. The minimum absolute atomic E-state index is 0.386. The third-order valence-electron chi connectivity index (χ3n) is 2.50. The quantitative estimate of drug-likeness (QED) is 0.713. The molecular weight excluding hydrogens is 285 g/mol. The van der Waals surface area contributed by atoms with Gasteiger partial charge < -0.3 is 4.42 Å². The summed E-state index contributed by atoms with van der Waals surface area (Å²) in [6.45, 7) is 0. The Labute approximate surface area is 119 Å². The predicted molar refractivity (Wildman–Crippen MR) is 73.0 cm³/mol. The Morgan fingerprint density at radius 2 is 1.68 bits per heavy atom. The Morgan fingerprint density at radius 3 is 2.37 bits per heavy atom. The highest BCUT2D eigenvalue weighted by Crippen LogP contribution is 2.29. The smallest absolute Gasteiger partial charge is 0.249 e. The molecule has 4 nitrogen and oxygen atoms in total. The first-order chi connectivity index (χ1) is 9.24. The maximum absolute atomic E-state index is 5.96. The summed E-state index contributed by atoms with van der Waals surface area (Å²) in [5.74, 6) is 0.798. The minimum Gasteiger partial charge on any atom is -0.416 e. The average molecular weight is 292 g/mol. The molecule has 3 rings (SSSR count). The topological polar surface area (TPSA) is 51.8 Å². The molecule has 0 saturated carbocycles. The van der Waals surface area contributed by atoms with Gasteiger partial charge in [0.1, 0.15) is 0 Å². The molecule has 0 N–H and O–H groups in total. The molecule has 0 amide bonds. The van der Waals surface area contributed by atoms with E-state index in [1.807, 2.05) is 6.07 Å². The zero-order valence-electron chi connectivity index (χ0n) is 9.55. The summed E-state index contributed by atoms with van der Waals surface area (Å²) >= 11 is 11.8. The van der Waals surface area contributed by atoms with Crippen molar-refractivity contribution in [3.8, 4) is 22.9 Å². The Hall–Kier alpha value is -1.91. The molecule has 0 unspecified atom stereocenters. The van der Waals surface area contributed by atoms with Crippen molar-refractivity contribution in [2.45, 2.75) is 0 Å². The summed E-state index contributed by atoms with van der Waals surface area (Å²) in [5.41, 5.74) is 1.48. The number of hydrogen-bond acceptors (Lipinski definition) is 4. The van der Waals surface area contributed by atoms with Crippen molar-refractivity contribution in [3.63, 3.8) is 0 Å². The molecule has 0 aliphatic heterocycles. The molecule has 0 spiro atoms. The van der Waals surface area contributed by atoms with E-state index in [4.69, 9.17) is 27.6 Å². The van der Waals surface area contributed by atoms with Gasteiger partial charge in [-0.1, -0.05) is 23.2 Å². The maximum Gasteiger partial charge on any atom is 0.249 e. The van der Waals surface area contributed by atoms with E-state index >= 15 is 0 Å². The van der Waals surface area contributed by atoms with Crippen LogP contribution in [0.5, 0.6) is 0 Å². The highest BCUT2D eigenvalue weighted by molar-refractivity contribution is 6.42. The first kappa shape index (κ1) is 12.1. The van der Waals surface area contributed by atoms with Crippen molar-refractivity contribution in [2.24, 2.45) is 0 Å². The van der Waals surface area contributed by atoms with E-state index in [9.17, 15) is 0 Å². The highest BCUT2D eigenvalue weighted by atomic mass is 35.5. The zero-order valence-corrected chi connectivity index (χ0v) is 11.1. The lowest BCUT2D eigenvalue weighted by Crippen LogP contribution is -1.78. The van der Waals surface area contributed by atoms with E-state index in [1.54, 1.807) is 36.7 Å². The van der Waals surface area contributed by atoms with Crippen LogP contribution in [0.4, 0.5) is 0 Å². The molecule has 0 fully saturated rings. The molecule has 1 aromatic carbocycles. The first-order valence-corrected chi connectivity index (χ1v) is 6.19. The van der Waals surface area contributed by atoms with Gasteiger partial charge in [-0.15, -0.1) is 10.2 Å². The molecule has 2 aromatic heterocycles. The van der Waals surface area contributed by atoms with E-state index in [2.05, 4.69) is 15.2 Å². The Morgan fingerprint density at radius 1 is 0.895 bits per heavy atom. The van der Waals surface area contributed by atoms with E-state index in [0.717, 1.165) is 11.1 Å². The molecule has 0 bridgehead atoms. The summed E-state index contributed by atoms with van der Waals surface area (Å²) in [5, 5.41) is 8.90. The van der Waals surface area contributed by atoms with Gasteiger partial charge in [0, 0.05) is 18.0 Å². The largest absolute Gasteiger partial charge is 0.416 e. The average Bonchev–Trinajstić information content (AvgIpc) is 2.93. The molecule has 6 heteroatoms. The van der Waals surface area contributed by atoms with Crippen LogP contribution in [0.3, 0.4) is 0 Å². The second kappa shape index (κ2) is 4.99. The normalized spacial score (nSPS) is 10.6. The monoisotopic (exact) mass is 291 g/mol. The standard InChI is InChI=1S/C13H7Cl2N3O/c14-10-4-3-8(6-11(10)15)12-17-18-13(19-12)9-2-1-5-16-7-9/h1-7H. The molecular formula is C13H7Cl2N3O. The van der Waals surface area contributed by atoms with Crippen molar-refractivity contribution < 1.29 is 4.42 Å². The van der Waals surface area contributed by atoms with Gasteiger partial charge in [-0.3, -0.25) is 4.98 Å². The molecule has 19 heavy (non-hydrogen) atoms. The van der Waals surface area contributed by atoms with Gasteiger partial charge in [0.2, 0.25) is 11.8 Å². The lowest BCUT2D eigenvalue weighted by molar-refractivity contribution is 0.584. The van der Waals surface area contributed by atoms with Crippen molar-refractivity contribution in [1.82, 2.24) is 15.2 Å². The fraction of sp³-hybridized carbons (Fsp3) is 0. The van der Waals surface area contributed by atoms with Gasteiger partial charge in [0.15, 0.2) is 0 Å². The number of halogens is 2. The third kappa shape index (κ3) is 2.45. The van der Waals surface area contributed by atoms with Crippen molar-refractivity contribution >= 4 is 23.2 Å². The summed E-state index contributed by atoms with van der Waals surface area (Å²) in [6, 6.07) is 8.80. The lowest BCUT2D eigenvalue weighted by atomic mass is 10.2. The van der Waals surface area contributed by atoms with Crippen LogP contribution in [0, 0.1) is 0 Å². The number of pyridine rings is 1. The Kier molecular flexibility index (Phi) is 3.19. The van der Waals surface area contributed by atoms with Gasteiger partial charge in [-0.25, -0.2) is 0 Å². The maximum atomic E-state index is 5.96. The van der Waals surface area contributed by atoms with Gasteiger partial charge in [-0.2, -0.15) is 0 Å². The fourth-order valence-corrected chi connectivity index (χ4v) is 1.87. The molecule has 0 aliphatic carbocycles. The van der Waals surface area contributed by atoms with Crippen molar-refractivity contribution in [2.75, 3.05) is 0 Å². The molecule has 3 aromatic rings. The van der Waals surface area contributed by atoms with E-state index < -0.39 is 0 Å². The fourth-order valence-electron chi connectivity index (χ4n) is 1.57. The van der Waals surface area contributed by atoms with Crippen LogP contribution >= 0.6 is 23.2 Å². The first-order valence-electron chi connectivity index (χ1n) is 5.43. The van der Waals surface area contributed by atoms with Crippen LogP contribution in [0.15, 0.2) is 47.1 Å². The summed E-state index contributed by atoms with van der Waals surface area (Å²) < 4.78 is 5.59. The third-order valence-corrected chi connectivity index (χ3v) is 3.24. The van der Waals surface area contributed by atoms with Gasteiger partial charge >= 0.3 is 0 Å². The van der Waals surface area contributed by atoms with E-state index in [-0.39, 0.29) is 0 Å². The second-order valence-corrected chi connectivity index (χ2v) is 4.60. The molecule has 2 heterocycles. The van der Waals surface area contributed by atoms with Crippen LogP contribution in [0.25, 0.3) is 22.9 Å². The molecule has 94 valence electrons. The lowest BCUT2D eigenvalue weighted by Gasteiger charge is -1.97. The van der Waals surface area contributed by atoms with Gasteiger partial charge in [0.05, 0.1) is 15.6 Å². The summed E-state index contributed by atoms with van der Waals surface area (Å²) in [7, 11) is 0. The minimum atomic E-state index is 0.386. The van der Waals surface area contributed by atoms with Crippen LogP contribution in [0.2, 0.25) is 10.0 Å². The number of rotatable bonds is 2. The van der Waals surface area contributed by atoms with Crippen LogP contribution in [-0.4, -0.2) is 15.2 Å². The van der Waals surface area contributed by atoms with Crippen LogP contribution < -0.4 is 0 Å². The van der Waals surface area contributed by atoms with Crippen molar-refractivity contribution in [3.05, 3.63) is 52.8 Å². The molecule has 0 aliphatic rings. The summed E-state index contributed by atoms with van der Waals surface area (Å²) in [6.07, 6.45) is 3.34. The number of hydrogen-bond donors (Lipinski definition) is 0. The zero-order chi connectivity index (χ0) is 13.2. The van der Waals surface area contributed by atoms with Gasteiger partial charge in [-0.05, 0) is 30.3 Å². The summed E-state index contributed by atoms with van der Waals surface area (Å²) in [4.78, 5) is 4.00.